The molecule has 0 N–H and O–H groups in total. The van der Waals surface area contributed by atoms with E-state index < -0.39 is 0 Å². The minimum absolute atomic E-state index is 0.661. The Balaban J connectivity index is 2.85. The standard InChI is InChI=1S/C5H9NS3/c1-5(2)9-8-4-7-3-6/h5H,4H2,1-2H3. The van der Waals surface area contributed by atoms with E-state index in [0.29, 0.717) is 5.25 Å². The quantitative estimate of drug-likeness (QED) is 0.286. The first-order valence-electron chi connectivity index (χ1n) is 2.56. The monoisotopic (exact) mass is 179 g/mol. The lowest BCUT2D eigenvalue weighted by Gasteiger charge is -1.99. The largest absolute Gasteiger partial charge is 0.185 e. The van der Waals surface area contributed by atoms with Crippen LogP contribution in [0.15, 0.2) is 0 Å². The van der Waals surface area contributed by atoms with Crippen LogP contribution in [-0.4, -0.2) is 10.3 Å². The molecule has 0 saturated carbocycles. The minimum Gasteiger partial charge on any atom is -0.185 e. The van der Waals surface area contributed by atoms with E-state index in [1.165, 1.54) is 11.8 Å². The fourth-order valence-corrected chi connectivity index (χ4v) is 2.86. The summed E-state index contributed by atoms with van der Waals surface area (Å²) < 4.78 is 0. The summed E-state index contributed by atoms with van der Waals surface area (Å²) in [6, 6.07) is 0. The lowest BCUT2D eigenvalue weighted by molar-refractivity contribution is 1.12. The van der Waals surface area contributed by atoms with E-state index in [-0.39, 0.29) is 0 Å². The van der Waals surface area contributed by atoms with Crippen molar-refractivity contribution in [2.24, 2.45) is 0 Å². The second-order valence-corrected chi connectivity index (χ2v) is 5.69. The number of thiocyanates is 1. The van der Waals surface area contributed by atoms with E-state index in [9.17, 15) is 0 Å². The number of hydrogen-bond donors (Lipinski definition) is 0. The van der Waals surface area contributed by atoms with E-state index in [1.54, 1.807) is 10.8 Å². The van der Waals surface area contributed by atoms with Crippen molar-refractivity contribution in [1.82, 2.24) is 0 Å². The average molecular weight is 179 g/mol. The Morgan fingerprint density at radius 2 is 2.22 bits per heavy atom. The summed E-state index contributed by atoms with van der Waals surface area (Å²) in [5.74, 6) is 0. The fourth-order valence-electron chi connectivity index (χ4n) is 0.214. The summed E-state index contributed by atoms with van der Waals surface area (Å²) in [6.45, 7) is 4.30. The Labute approximate surface area is 68.4 Å². The normalized spacial score (nSPS) is 9.56. The third kappa shape index (κ3) is 8.54. The van der Waals surface area contributed by atoms with Crippen molar-refractivity contribution in [2.45, 2.75) is 19.1 Å². The van der Waals surface area contributed by atoms with Crippen LogP contribution in [0, 0.1) is 10.7 Å². The fraction of sp³-hybridized carbons (Fsp3) is 0.800. The molecule has 1 nitrogen and oxygen atoms in total. The molecule has 9 heavy (non-hydrogen) atoms. The van der Waals surface area contributed by atoms with Crippen molar-refractivity contribution in [3.63, 3.8) is 0 Å². The summed E-state index contributed by atoms with van der Waals surface area (Å²) in [6.07, 6.45) is 0. The topological polar surface area (TPSA) is 23.8 Å². The van der Waals surface area contributed by atoms with E-state index in [4.69, 9.17) is 5.26 Å². The van der Waals surface area contributed by atoms with E-state index in [2.05, 4.69) is 13.8 Å². The lowest BCUT2D eigenvalue weighted by Crippen LogP contribution is -1.80. The molecule has 0 aromatic heterocycles. The van der Waals surface area contributed by atoms with Gasteiger partial charge in [0.15, 0.2) is 0 Å². The number of nitrogens with zero attached hydrogens (tertiary/aromatic N) is 1. The molecule has 0 bridgehead atoms. The van der Waals surface area contributed by atoms with Gasteiger partial charge in [-0.2, -0.15) is 5.26 Å². The molecule has 0 fully saturated rings. The van der Waals surface area contributed by atoms with Gasteiger partial charge >= 0.3 is 0 Å². The highest BCUT2D eigenvalue weighted by Gasteiger charge is 1.93. The maximum absolute atomic E-state index is 8.12. The highest BCUT2D eigenvalue weighted by Crippen LogP contribution is 2.28. The Morgan fingerprint density at radius 1 is 1.56 bits per heavy atom. The molecule has 0 radical (unpaired) electrons. The lowest BCUT2D eigenvalue weighted by atomic mass is 10.6. The van der Waals surface area contributed by atoms with E-state index in [0.717, 1.165) is 5.08 Å². The predicted octanol–water partition coefficient (Wildman–Crippen LogP) is 2.95. The Morgan fingerprint density at radius 3 is 2.67 bits per heavy atom. The third-order valence-electron chi connectivity index (χ3n) is 0.432. The summed E-state index contributed by atoms with van der Waals surface area (Å²) in [4.78, 5) is 0. The Bertz CT molecular complexity index is 96.9. The number of hydrogen-bond acceptors (Lipinski definition) is 4. The summed E-state index contributed by atoms with van der Waals surface area (Å²) in [5.41, 5.74) is 0. The molecule has 0 aliphatic carbocycles. The van der Waals surface area contributed by atoms with Crippen LogP contribution in [0.4, 0.5) is 0 Å². The van der Waals surface area contributed by atoms with Gasteiger partial charge < -0.3 is 0 Å². The van der Waals surface area contributed by atoms with Gasteiger partial charge in [0.05, 0.1) is 5.08 Å². The van der Waals surface area contributed by atoms with Crippen molar-refractivity contribution in [3.8, 4) is 5.40 Å². The molecule has 0 saturated heterocycles. The van der Waals surface area contributed by atoms with Gasteiger partial charge in [-0.25, -0.2) is 0 Å². The van der Waals surface area contributed by atoms with Crippen LogP contribution in [-0.2, 0) is 0 Å². The second kappa shape index (κ2) is 6.66. The first-order chi connectivity index (χ1) is 4.27. The van der Waals surface area contributed by atoms with Crippen molar-refractivity contribution in [2.75, 3.05) is 5.08 Å². The van der Waals surface area contributed by atoms with Crippen molar-refractivity contribution < 1.29 is 0 Å². The van der Waals surface area contributed by atoms with E-state index in [1.807, 2.05) is 16.2 Å². The van der Waals surface area contributed by atoms with Gasteiger partial charge in [-0.3, -0.25) is 0 Å². The van der Waals surface area contributed by atoms with Crippen LogP contribution in [0.3, 0.4) is 0 Å². The first-order valence-corrected chi connectivity index (χ1v) is 5.93. The molecule has 0 unspecified atom stereocenters. The average Bonchev–Trinajstić information content (AvgIpc) is 1.80. The molecular formula is C5H9NS3. The molecule has 0 aromatic carbocycles. The van der Waals surface area contributed by atoms with Crippen LogP contribution < -0.4 is 0 Å². The maximum atomic E-state index is 8.12. The highest BCUT2D eigenvalue weighted by molar-refractivity contribution is 8.78. The smallest absolute Gasteiger partial charge is 0.134 e. The molecule has 0 rings (SSSR count). The van der Waals surface area contributed by atoms with Gasteiger partial charge in [-0.15, -0.1) is 0 Å². The number of rotatable bonds is 4. The van der Waals surface area contributed by atoms with E-state index >= 15 is 0 Å². The summed E-state index contributed by atoms with van der Waals surface area (Å²) in [7, 11) is 3.56. The molecule has 52 valence electrons. The van der Waals surface area contributed by atoms with Gasteiger partial charge in [-0.05, 0) is 11.8 Å². The zero-order valence-electron chi connectivity index (χ0n) is 5.46. The Kier molecular flexibility index (Phi) is 7.06. The molecule has 0 heterocycles. The van der Waals surface area contributed by atoms with Crippen LogP contribution in [0.1, 0.15) is 13.8 Å². The van der Waals surface area contributed by atoms with Crippen LogP contribution >= 0.6 is 33.3 Å². The predicted molar refractivity (Wildman–Crippen MR) is 48.4 cm³/mol. The van der Waals surface area contributed by atoms with Crippen LogP contribution in [0.5, 0.6) is 0 Å². The van der Waals surface area contributed by atoms with Gasteiger partial charge in [0, 0.05) is 5.25 Å². The summed E-state index contributed by atoms with van der Waals surface area (Å²) >= 11 is 1.30. The van der Waals surface area contributed by atoms with Gasteiger partial charge in [0.2, 0.25) is 0 Å². The second-order valence-electron chi connectivity index (χ2n) is 1.62. The molecule has 4 heteroatoms. The van der Waals surface area contributed by atoms with Gasteiger partial charge in [0.1, 0.15) is 5.40 Å². The maximum Gasteiger partial charge on any atom is 0.134 e. The molecule has 0 spiro atoms. The first kappa shape index (κ1) is 9.54. The minimum atomic E-state index is 0.661. The molecule has 0 aromatic rings. The molecule has 0 amide bonds. The van der Waals surface area contributed by atoms with Crippen LogP contribution in [0.2, 0.25) is 0 Å². The number of nitriles is 1. The van der Waals surface area contributed by atoms with Crippen molar-refractivity contribution >= 4 is 33.3 Å². The molecular weight excluding hydrogens is 170 g/mol. The summed E-state index contributed by atoms with van der Waals surface area (Å²) in [5, 5.41) is 11.7. The SMILES string of the molecule is CC(C)SSCSC#N. The Hall–Kier alpha value is 0.540. The van der Waals surface area contributed by atoms with Crippen LogP contribution in [0.25, 0.3) is 0 Å². The van der Waals surface area contributed by atoms with Gasteiger partial charge in [0.25, 0.3) is 0 Å². The zero-order valence-corrected chi connectivity index (χ0v) is 7.91. The van der Waals surface area contributed by atoms with Gasteiger partial charge in [-0.1, -0.05) is 35.4 Å². The van der Waals surface area contributed by atoms with Crippen molar-refractivity contribution in [3.05, 3.63) is 0 Å². The molecule has 0 aliphatic heterocycles. The molecule has 0 atom stereocenters. The number of thioether (sulfide) groups is 1. The van der Waals surface area contributed by atoms with Crippen molar-refractivity contribution in [1.29, 1.82) is 5.26 Å². The highest BCUT2D eigenvalue weighted by atomic mass is 33.1. The zero-order chi connectivity index (χ0) is 7.11. The third-order valence-corrected chi connectivity index (χ3v) is 4.37. The molecule has 0 aliphatic rings.